The van der Waals surface area contributed by atoms with Crippen molar-refractivity contribution >= 4 is 29.1 Å². The highest BCUT2D eigenvalue weighted by atomic mass is 35.5. The minimum atomic E-state index is -0.688. The summed E-state index contributed by atoms with van der Waals surface area (Å²) < 4.78 is 29.4. The normalized spacial score (nSPS) is 10.2. The molecule has 0 aromatic heterocycles. The van der Waals surface area contributed by atoms with Crippen LogP contribution in [0.3, 0.4) is 0 Å². The van der Waals surface area contributed by atoms with Gasteiger partial charge in [-0.05, 0) is 31.2 Å². The van der Waals surface area contributed by atoms with Crippen LogP contribution in [0.1, 0.15) is 17.3 Å². The summed E-state index contributed by atoms with van der Waals surface area (Å²) in [6.45, 7) is 1.67. The van der Waals surface area contributed by atoms with E-state index >= 15 is 0 Å². The van der Waals surface area contributed by atoms with Gasteiger partial charge in [-0.25, -0.2) is 4.39 Å². The fourth-order valence-corrected chi connectivity index (χ4v) is 2.45. The van der Waals surface area contributed by atoms with Crippen molar-refractivity contribution in [3.05, 3.63) is 46.7 Å². The van der Waals surface area contributed by atoms with E-state index in [1.54, 1.807) is 6.92 Å². The van der Waals surface area contributed by atoms with Crippen LogP contribution in [0.25, 0.3) is 0 Å². The number of methoxy groups -OCH3 is 1. The lowest BCUT2D eigenvalue weighted by Crippen LogP contribution is -2.20. The van der Waals surface area contributed by atoms with Crippen LogP contribution in [0.15, 0.2) is 30.3 Å². The van der Waals surface area contributed by atoms with E-state index in [4.69, 9.17) is 31.5 Å². The third-order valence-electron chi connectivity index (χ3n) is 3.34. The van der Waals surface area contributed by atoms with Gasteiger partial charge in [0, 0.05) is 17.3 Å². The maximum Gasteiger partial charge on any atom is 0.255 e. The zero-order valence-corrected chi connectivity index (χ0v) is 15.4. The molecule has 0 fully saturated rings. The Labute approximate surface area is 160 Å². The molecule has 9 heteroatoms. The van der Waals surface area contributed by atoms with Gasteiger partial charge < -0.3 is 25.3 Å². The van der Waals surface area contributed by atoms with Crippen LogP contribution in [-0.2, 0) is 4.79 Å². The second kappa shape index (κ2) is 9.09. The highest BCUT2D eigenvalue weighted by Crippen LogP contribution is 2.36. The fraction of sp³-hybridized carbons (Fsp3) is 0.222. The molecule has 144 valence electrons. The first-order valence-corrected chi connectivity index (χ1v) is 8.25. The third-order valence-corrected chi connectivity index (χ3v) is 3.62. The van der Waals surface area contributed by atoms with E-state index in [2.05, 4.69) is 5.32 Å². The zero-order valence-electron chi connectivity index (χ0n) is 14.7. The Hall–Kier alpha value is -3.00. The molecule has 0 unspecified atom stereocenters. The molecule has 0 aliphatic heterocycles. The van der Waals surface area contributed by atoms with Crippen molar-refractivity contribution in [2.75, 3.05) is 25.6 Å². The molecule has 0 radical (unpaired) electrons. The van der Waals surface area contributed by atoms with Crippen molar-refractivity contribution in [3.8, 4) is 17.2 Å². The molecule has 2 aromatic carbocycles. The van der Waals surface area contributed by atoms with E-state index in [-0.39, 0.29) is 33.5 Å². The first-order valence-electron chi connectivity index (χ1n) is 7.88. The average Bonchev–Trinajstić information content (AvgIpc) is 2.62. The van der Waals surface area contributed by atoms with E-state index in [0.717, 1.165) is 6.07 Å². The molecule has 0 heterocycles. The zero-order chi connectivity index (χ0) is 20.0. The van der Waals surface area contributed by atoms with E-state index in [1.165, 1.54) is 31.4 Å². The third kappa shape index (κ3) is 5.24. The summed E-state index contributed by atoms with van der Waals surface area (Å²) in [7, 11) is 1.35. The van der Waals surface area contributed by atoms with Crippen LogP contribution in [0.4, 0.5) is 10.1 Å². The van der Waals surface area contributed by atoms with Crippen LogP contribution in [-0.4, -0.2) is 32.1 Å². The summed E-state index contributed by atoms with van der Waals surface area (Å²) in [6, 6.07) is 6.78. The Morgan fingerprint density at radius 3 is 2.52 bits per heavy atom. The van der Waals surface area contributed by atoms with E-state index < -0.39 is 24.2 Å². The molecule has 7 nitrogen and oxygen atoms in total. The SMILES string of the molecule is CCOc1ccc(NC(=O)c2cc(Cl)c(OCC(N)=O)c(OC)c2)cc1F. The van der Waals surface area contributed by atoms with Crippen molar-refractivity contribution in [3.63, 3.8) is 0 Å². The summed E-state index contributed by atoms with van der Waals surface area (Å²) in [4.78, 5) is 23.3. The molecule has 0 bridgehead atoms. The fourth-order valence-electron chi connectivity index (χ4n) is 2.19. The van der Waals surface area contributed by atoms with Crippen molar-refractivity contribution in [1.82, 2.24) is 0 Å². The van der Waals surface area contributed by atoms with Gasteiger partial charge in [-0.3, -0.25) is 9.59 Å². The number of ether oxygens (including phenoxy) is 3. The summed E-state index contributed by atoms with van der Waals surface area (Å²) >= 11 is 6.11. The van der Waals surface area contributed by atoms with Crippen LogP contribution in [0.5, 0.6) is 17.2 Å². The van der Waals surface area contributed by atoms with Gasteiger partial charge in [0.15, 0.2) is 29.7 Å². The number of halogens is 2. The number of nitrogens with two attached hydrogens (primary N) is 1. The number of hydrogen-bond donors (Lipinski definition) is 2. The number of hydrogen-bond acceptors (Lipinski definition) is 5. The lowest BCUT2D eigenvalue weighted by molar-refractivity contribution is -0.119. The van der Waals surface area contributed by atoms with Gasteiger partial charge in [0.2, 0.25) is 0 Å². The molecule has 2 amide bonds. The standard InChI is InChI=1S/C18H18ClFN2O5/c1-3-26-14-5-4-11(8-13(14)20)22-18(24)10-6-12(19)17(15(7-10)25-2)27-9-16(21)23/h4-8H,3,9H2,1-2H3,(H2,21,23)(H,22,24). The molecule has 0 spiro atoms. The predicted octanol–water partition coefficient (Wildman–Crippen LogP) is 3.00. The minimum absolute atomic E-state index is 0.0543. The molecular weight excluding hydrogens is 379 g/mol. The Balaban J connectivity index is 2.22. The number of amides is 2. The number of benzene rings is 2. The van der Waals surface area contributed by atoms with Gasteiger partial charge in [0.05, 0.1) is 18.7 Å². The number of carbonyl (C=O) groups excluding carboxylic acids is 2. The molecule has 0 aliphatic carbocycles. The monoisotopic (exact) mass is 396 g/mol. The molecule has 0 saturated carbocycles. The maximum atomic E-state index is 13.9. The maximum absolute atomic E-state index is 13.9. The topological polar surface area (TPSA) is 99.9 Å². The molecule has 0 aliphatic rings. The highest BCUT2D eigenvalue weighted by Gasteiger charge is 2.17. The molecular formula is C18H18ClFN2O5. The van der Waals surface area contributed by atoms with E-state index in [1.807, 2.05) is 0 Å². The quantitative estimate of drug-likeness (QED) is 0.714. The minimum Gasteiger partial charge on any atom is -0.493 e. The lowest BCUT2D eigenvalue weighted by Gasteiger charge is -2.13. The number of rotatable bonds is 8. The van der Waals surface area contributed by atoms with Gasteiger partial charge in [-0.2, -0.15) is 0 Å². The molecule has 0 saturated heterocycles. The second-order valence-corrected chi connectivity index (χ2v) is 5.68. The molecule has 0 atom stereocenters. The largest absolute Gasteiger partial charge is 0.493 e. The van der Waals surface area contributed by atoms with E-state index in [9.17, 15) is 14.0 Å². The Bertz CT molecular complexity index is 860. The van der Waals surface area contributed by atoms with Crippen LogP contribution in [0, 0.1) is 5.82 Å². The number of primary amides is 1. The number of carbonyl (C=O) groups is 2. The Kier molecular flexibility index (Phi) is 6.84. The van der Waals surface area contributed by atoms with Crippen molar-refractivity contribution in [2.24, 2.45) is 5.73 Å². The van der Waals surface area contributed by atoms with Crippen molar-refractivity contribution < 1.29 is 28.2 Å². The Morgan fingerprint density at radius 1 is 1.19 bits per heavy atom. The summed E-state index contributed by atoms with van der Waals surface area (Å²) in [6.07, 6.45) is 0. The summed E-state index contributed by atoms with van der Waals surface area (Å²) in [5.74, 6) is -1.50. The Morgan fingerprint density at radius 2 is 1.93 bits per heavy atom. The summed E-state index contributed by atoms with van der Waals surface area (Å²) in [5, 5.41) is 2.61. The van der Waals surface area contributed by atoms with Gasteiger partial charge >= 0.3 is 0 Å². The van der Waals surface area contributed by atoms with Crippen LogP contribution < -0.4 is 25.3 Å². The molecule has 2 aromatic rings. The smallest absolute Gasteiger partial charge is 0.255 e. The number of nitrogens with one attached hydrogen (secondary N) is 1. The second-order valence-electron chi connectivity index (χ2n) is 5.28. The van der Waals surface area contributed by atoms with Crippen molar-refractivity contribution in [2.45, 2.75) is 6.92 Å². The molecule has 3 N–H and O–H groups in total. The summed E-state index contributed by atoms with van der Waals surface area (Å²) in [5.41, 5.74) is 5.43. The predicted molar refractivity (Wildman–Crippen MR) is 98.2 cm³/mol. The highest BCUT2D eigenvalue weighted by molar-refractivity contribution is 6.32. The van der Waals surface area contributed by atoms with Crippen molar-refractivity contribution in [1.29, 1.82) is 0 Å². The van der Waals surface area contributed by atoms with Gasteiger partial charge in [-0.1, -0.05) is 11.6 Å². The molecule has 2 rings (SSSR count). The molecule has 27 heavy (non-hydrogen) atoms. The first-order chi connectivity index (χ1) is 12.8. The van der Waals surface area contributed by atoms with Crippen LogP contribution >= 0.6 is 11.6 Å². The first kappa shape index (κ1) is 20.3. The van der Waals surface area contributed by atoms with Gasteiger partial charge in [0.1, 0.15) is 0 Å². The lowest BCUT2D eigenvalue weighted by atomic mass is 10.1. The average molecular weight is 397 g/mol. The van der Waals surface area contributed by atoms with Gasteiger partial charge in [0.25, 0.3) is 11.8 Å². The van der Waals surface area contributed by atoms with E-state index in [0.29, 0.717) is 6.61 Å². The number of anilines is 1. The van der Waals surface area contributed by atoms with Gasteiger partial charge in [-0.15, -0.1) is 0 Å². The van der Waals surface area contributed by atoms with Crippen LogP contribution in [0.2, 0.25) is 5.02 Å².